The normalized spacial score (nSPS) is 15.0. The zero-order valence-electron chi connectivity index (χ0n) is 17.0. The number of esters is 1. The SMILES string of the molecule is CCCCCC(O)C=Cc1cccc(C=C[C@@H](O)[C@@H](O)CCCC(=O)OC)c1. The van der Waals surface area contributed by atoms with Crippen molar-refractivity contribution >= 4 is 18.1 Å². The van der Waals surface area contributed by atoms with E-state index in [1.165, 1.54) is 7.11 Å². The standard InChI is InChI=1S/C23H34O5/c1-3-4-5-10-20(24)15-13-18-8-6-9-19(17-18)14-16-22(26)21(25)11-7-12-23(27)28-2/h6,8-9,13-17,20-22,24-26H,3-5,7,10-12H2,1-2H3/t20?,21-,22+/m0/s1. The summed E-state index contributed by atoms with van der Waals surface area (Å²) in [6.07, 6.45) is 9.68. The van der Waals surface area contributed by atoms with Crippen LogP contribution in [-0.4, -0.2) is 46.7 Å². The average Bonchev–Trinajstić information content (AvgIpc) is 2.70. The second-order valence-electron chi connectivity index (χ2n) is 6.98. The largest absolute Gasteiger partial charge is 0.469 e. The smallest absolute Gasteiger partial charge is 0.305 e. The molecule has 1 rings (SSSR count). The van der Waals surface area contributed by atoms with E-state index in [9.17, 15) is 20.1 Å². The van der Waals surface area contributed by atoms with Gasteiger partial charge in [-0.3, -0.25) is 4.79 Å². The van der Waals surface area contributed by atoms with Gasteiger partial charge < -0.3 is 20.1 Å². The van der Waals surface area contributed by atoms with Crippen LogP contribution < -0.4 is 0 Å². The Bertz CT molecular complexity index is 623. The van der Waals surface area contributed by atoms with Crippen LogP contribution in [0.15, 0.2) is 36.4 Å². The molecule has 156 valence electrons. The highest BCUT2D eigenvalue weighted by Gasteiger charge is 2.13. The third kappa shape index (κ3) is 10.4. The summed E-state index contributed by atoms with van der Waals surface area (Å²) in [5.41, 5.74) is 1.85. The molecule has 1 aromatic rings. The van der Waals surface area contributed by atoms with Crippen LogP contribution in [0, 0.1) is 0 Å². The number of carbonyl (C=O) groups is 1. The van der Waals surface area contributed by atoms with Crippen LogP contribution in [0.4, 0.5) is 0 Å². The van der Waals surface area contributed by atoms with Gasteiger partial charge in [-0.05, 0) is 36.5 Å². The van der Waals surface area contributed by atoms with Crippen LogP contribution in [-0.2, 0) is 9.53 Å². The number of benzene rings is 1. The first kappa shape index (κ1) is 24.1. The molecular weight excluding hydrogens is 356 g/mol. The Hall–Kier alpha value is -1.95. The zero-order valence-corrected chi connectivity index (χ0v) is 17.0. The molecule has 0 bridgehead atoms. The lowest BCUT2D eigenvalue weighted by molar-refractivity contribution is -0.140. The molecule has 0 fully saturated rings. The molecule has 28 heavy (non-hydrogen) atoms. The number of ether oxygens (including phenoxy) is 1. The summed E-state index contributed by atoms with van der Waals surface area (Å²) in [5.74, 6) is -0.322. The van der Waals surface area contributed by atoms with Crippen molar-refractivity contribution in [3.05, 3.63) is 47.5 Å². The van der Waals surface area contributed by atoms with Crippen molar-refractivity contribution in [3.63, 3.8) is 0 Å². The minimum absolute atomic E-state index is 0.225. The number of aliphatic hydroxyl groups excluding tert-OH is 3. The molecule has 0 spiro atoms. The van der Waals surface area contributed by atoms with E-state index in [2.05, 4.69) is 11.7 Å². The van der Waals surface area contributed by atoms with Gasteiger partial charge in [-0.15, -0.1) is 0 Å². The predicted molar refractivity (Wildman–Crippen MR) is 113 cm³/mol. The summed E-state index contributed by atoms with van der Waals surface area (Å²) in [5, 5.41) is 30.0. The van der Waals surface area contributed by atoms with Gasteiger partial charge in [0.15, 0.2) is 0 Å². The molecule has 0 aliphatic rings. The molecule has 0 aromatic heterocycles. The first-order valence-corrected chi connectivity index (χ1v) is 10.0. The van der Waals surface area contributed by atoms with E-state index in [1.807, 2.05) is 30.3 Å². The van der Waals surface area contributed by atoms with E-state index in [1.54, 1.807) is 18.2 Å². The quantitative estimate of drug-likeness (QED) is 0.353. The average molecular weight is 391 g/mol. The Morgan fingerprint density at radius 1 is 1.04 bits per heavy atom. The molecule has 0 saturated carbocycles. The fraction of sp³-hybridized carbons (Fsp3) is 0.522. The van der Waals surface area contributed by atoms with Crippen molar-refractivity contribution in [1.29, 1.82) is 0 Å². The summed E-state index contributed by atoms with van der Waals surface area (Å²) in [6, 6.07) is 7.71. The van der Waals surface area contributed by atoms with Gasteiger partial charge in [0.1, 0.15) is 0 Å². The maximum absolute atomic E-state index is 11.1. The zero-order chi connectivity index (χ0) is 20.8. The predicted octanol–water partition coefficient (Wildman–Crippen LogP) is 3.72. The number of aliphatic hydroxyl groups is 3. The first-order valence-electron chi connectivity index (χ1n) is 10.0. The van der Waals surface area contributed by atoms with Gasteiger partial charge in [0.05, 0.1) is 25.4 Å². The van der Waals surface area contributed by atoms with Crippen LogP contribution in [0.25, 0.3) is 12.2 Å². The van der Waals surface area contributed by atoms with Gasteiger partial charge in [-0.25, -0.2) is 0 Å². The Morgan fingerprint density at radius 3 is 2.36 bits per heavy atom. The second kappa shape index (κ2) is 14.1. The summed E-state index contributed by atoms with van der Waals surface area (Å²) in [4.78, 5) is 11.1. The van der Waals surface area contributed by atoms with Crippen molar-refractivity contribution in [2.45, 2.75) is 70.2 Å². The molecular formula is C23H34O5. The summed E-state index contributed by atoms with van der Waals surface area (Å²) < 4.78 is 4.55. The Morgan fingerprint density at radius 2 is 1.71 bits per heavy atom. The maximum atomic E-state index is 11.1. The second-order valence-corrected chi connectivity index (χ2v) is 6.98. The maximum Gasteiger partial charge on any atom is 0.305 e. The van der Waals surface area contributed by atoms with E-state index in [4.69, 9.17) is 0 Å². The van der Waals surface area contributed by atoms with Crippen LogP contribution in [0.5, 0.6) is 0 Å². The highest BCUT2D eigenvalue weighted by atomic mass is 16.5. The minimum atomic E-state index is -1.00. The molecule has 0 saturated heterocycles. The summed E-state index contributed by atoms with van der Waals surface area (Å²) >= 11 is 0. The lowest BCUT2D eigenvalue weighted by Gasteiger charge is -2.14. The minimum Gasteiger partial charge on any atom is -0.469 e. The number of carbonyl (C=O) groups excluding carboxylic acids is 1. The molecule has 1 unspecified atom stereocenters. The monoisotopic (exact) mass is 390 g/mol. The number of methoxy groups -OCH3 is 1. The summed E-state index contributed by atoms with van der Waals surface area (Å²) in [6.45, 7) is 2.14. The van der Waals surface area contributed by atoms with Gasteiger partial charge in [-0.1, -0.05) is 68.7 Å². The molecule has 3 atom stereocenters. The first-order chi connectivity index (χ1) is 13.5. The van der Waals surface area contributed by atoms with Crippen LogP contribution in [0.1, 0.15) is 63.0 Å². The van der Waals surface area contributed by atoms with E-state index in [0.717, 1.165) is 36.8 Å². The fourth-order valence-electron chi connectivity index (χ4n) is 2.75. The highest BCUT2D eigenvalue weighted by molar-refractivity contribution is 5.69. The van der Waals surface area contributed by atoms with Crippen molar-refractivity contribution in [3.8, 4) is 0 Å². The molecule has 0 heterocycles. The highest BCUT2D eigenvalue weighted by Crippen LogP contribution is 2.13. The van der Waals surface area contributed by atoms with Gasteiger partial charge >= 0.3 is 5.97 Å². The molecule has 0 aliphatic heterocycles. The lowest BCUT2D eigenvalue weighted by Crippen LogP contribution is -2.23. The van der Waals surface area contributed by atoms with Crippen molar-refractivity contribution in [2.24, 2.45) is 0 Å². The van der Waals surface area contributed by atoms with Crippen LogP contribution in [0.3, 0.4) is 0 Å². The Kier molecular flexibility index (Phi) is 12.1. The van der Waals surface area contributed by atoms with Crippen molar-refractivity contribution in [1.82, 2.24) is 0 Å². The summed E-state index contributed by atoms with van der Waals surface area (Å²) in [7, 11) is 1.33. The number of unbranched alkanes of at least 4 members (excludes halogenated alkanes) is 2. The Balaban J connectivity index is 2.52. The van der Waals surface area contributed by atoms with Gasteiger partial charge in [-0.2, -0.15) is 0 Å². The molecule has 0 amide bonds. The third-order valence-electron chi connectivity index (χ3n) is 4.51. The molecule has 1 aromatic carbocycles. The third-order valence-corrected chi connectivity index (χ3v) is 4.51. The van der Waals surface area contributed by atoms with Gasteiger partial charge in [0.25, 0.3) is 0 Å². The number of hydrogen-bond donors (Lipinski definition) is 3. The van der Waals surface area contributed by atoms with E-state index >= 15 is 0 Å². The Labute approximate surface area is 168 Å². The molecule has 5 nitrogen and oxygen atoms in total. The van der Waals surface area contributed by atoms with Crippen LogP contribution >= 0.6 is 0 Å². The number of hydrogen-bond acceptors (Lipinski definition) is 5. The van der Waals surface area contributed by atoms with Crippen molar-refractivity contribution in [2.75, 3.05) is 7.11 Å². The molecule has 5 heteroatoms. The van der Waals surface area contributed by atoms with E-state index < -0.39 is 18.3 Å². The van der Waals surface area contributed by atoms with Crippen molar-refractivity contribution < 1.29 is 24.9 Å². The topological polar surface area (TPSA) is 87.0 Å². The van der Waals surface area contributed by atoms with Gasteiger partial charge in [0, 0.05) is 6.42 Å². The fourth-order valence-corrected chi connectivity index (χ4v) is 2.75. The molecule has 3 N–H and O–H groups in total. The molecule has 0 radical (unpaired) electrons. The van der Waals surface area contributed by atoms with E-state index in [0.29, 0.717) is 12.8 Å². The number of rotatable bonds is 13. The van der Waals surface area contributed by atoms with Gasteiger partial charge in [0.2, 0.25) is 0 Å². The van der Waals surface area contributed by atoms with Crippen LogP contribution in [0.2, 0.25) is 0 Å². The lowest BCUT2D eigenvalue weighted by atomic mass is 10.0. The molecule has 0 aliphatic carbocycles. The van der Waals surface area contributed by atoms with E-state index in [-0.39, 0.29) is 12.4 Å².